The second-order valence-electron chi connectivity index (χ2n) is 2.86. The van der Waals surface area contributed by atoms with Crippen LogP contribution >= 0.6 is 0 Å². The van der Waals surface area contributed by atoms with Crippen molar-refractivity contribution < 1.29 is 0 Å². The molecule has 0 saturated carbocycles. The van der Waals surface area contributed by atoms with Gasteiger partial charge in [-0.15, -0.1) is 6.58 Å². The van der Waals surface area contributed by atoms with Crippen molar-refractivity contribution >= 4 is 0 Å². The van der Waals surface area contributed by atoms with Gasteiger partial charge in [0.1, 0.15) is 0 Å². The van der Waals surface area contributed by atoms with E-state index >= 15 is 0 Å². The van der Waals surface area contributed by atoms with E-state index < -0.39 is 0 Å². The maximum Gasteiger partial charge on any atom is 0.0333 e. The Morgan fingerprint density at radius 3 is 3.08 bits per heavy atom. The van der Waals surface area contributed by atoms with Crippen LogP contribution in [0.4, 0.5) is 0 Å². The lowest BCUT2D eigenvalue weighted by molar-refractivity contribution is 0.734. The molecular formula is C10H14N2. The Morgan fingerprint density at radius 2 is 2.50 bits per heavy atom. The first-order chi connectivity index (χ1) is 5.75. The number of nitrogens with zero attached hydrogens (tertiary/aromatic N) is 1. The smallest absolute Gasteiger partial charge is 0.0333 e. The van der Waals surface area contributed by atoms with Gasteiger partial charge in [0.05, 0.1) is 0 Å². The van der Waals surface area contributed by atoms with Gasteiger partial charge < -0.3 is 5.73 Å². The second-order valence-corrected chi connectivity index (χ2v) is 2.86. The Bertz CT molecular complexity index is 268. The van der Waals surface area contributed by atoms with Crippen molar-refractivity contribution in [3.05, 3.63) is 42.2 Å². The van der Waals surface area contributed by atoms with Crippen molar-refractivity contribution in [1.29, 1.82) is 0 Å². The fraction of sp³-hybridized carbons (Fsp3) is 0.300. The molecular weight excluding hydrogens is 148 g/mol. The molecule has 1 rings (SSSR count). The highest BCUT2D eigenvalue weighted by molar-refractivity contribution is 5.25. The van der Waals surface area contributed by atoms with Crippen molar-refractivity contribution in [1.82, 2.24) is 4.98 Å². The number of aryl methyl sites for hydroxylation is 1. The highest BCUT2D eigenvalue weighted by atomic mass is 14.7. The van der Waals surface area contributed by atoms with E-state index in [9.17, 15) is 0 Å². The third-order valence-corrected chi connectivity index (χ3v) is 1.88. The van der Waals surface area contributed by atoms with Crippen LogP contribution in [0.25, 0.3) is 0 Å². The van der Waals surface area contributed by atoms with E-state index in [1.165, 1.54) is 0 Å². The number of rotatable bonds is 3. The number of hydrogen-bond donors (Lipinski definition) is 1. The summed E-state index contributed by atoms with van der Waals surface area (Å²) in [4.78, 5) is 4.01. The summed E-state index contributed by atoms with van der Waals surface area (Å²) in [5.41, 5.74) is 8.21. The number of hydrogen-bond acceptors (Lipinski definition) is 2. The lowest BCUT2D eigenvalue weighted by Gasteiger charge is -2.11. The molecule has 64 valence electrons. The summed E-state index contributed by atoms with van der Waals surface area (Å²) in [6, 6.07) is 2.02. The van der Waals surface area contributed by atoms with Crippen LogP contribution in [0.3, 0.4) is 0 Å². The van der Waals surface area contributed by atoms with Crippen molar-refractivity contribution in [2.75, 3.05) is 0 Å². The van der Waals surface area contributed by atoms with E-state index in [0.29, 0.717) is 0 Å². The molecule has 0 saturated heterocycles. The molecule has 0 aliphatic heterocycles. The van der Waals surface area contributed by atoms with Crippen LogP contribution in [0.15, 0.2) is 31.1 Å². The van der Waals surface area contributed by atoms with Gasteiger partial charge in [0.25, 0.3) is 0 Å². The van der Waals surface area contributed by atoms with Crippen LogP contribution in [0.2, 0.25) is 0 Å². The Morgan fingerprint density at radius 1 is 1.75 bits per heavy atom. The van der Waals surface area contributed by atoms with Gasteiger partial charge in [0, 0.05) is 18.4 Å². The Hall–Kier alpha value is -1.15. The number of pyridine rings is 1. The van der Waals surface area contributed by atoms with Gasteiger partial charge >= 0.3 is 0 Å². The van der Waals surface area contributed by atoms with Crippen LogP contribution in [-0.4, -0.2) is 4.98 Å². The van der Waals surface area contributed by atoms with E-state index in [1.807, 2.05) is 25.3 Å². The molecule has 2 N–H and O–H groups in total. The molecule has 0 aliphatic rings. The Kier molecular flexibility index (Phi) is 3.00. The van der Waals surface area contributed by atoms with Gasteiger partial charge in [-0.3, -0.25) is 4.98 Å². The molecule has 2 nitrogen and oxygen atoms in total. The molecule has 2 heteroatoms. The van der Waals surface area contributed by atoms with Gasteiger partial charge in [0.2, 0.25) is 0 Å². The average Bonchev–Trinajstić information content (AvgIpc) is 2.05. The lowest BCUT2D eigenvalue weighted by atomic mass is 10.0. The second kappa shape index (κ2) is 4.02. The summed E-state index contributed by atoms with van der Waals surface area (Å²) in [5, 5.41) is 0. The minimum Gasteiger partial charge on any atom is -0.324 e. The summed E-state index contributed by atoms with van der Waals surface area (Å²) in [6.07, 6.45) is 6.25. The molecule has 1 aromatic heterocycles. The first-order valence-electron chi connectivity index (χ1n) is 4.02. The van der Waals surface area contributed by atoms with Crippen LogP contribution in [-0.2, 0) is 0 Å². The molecule has 0 unspecified atom stereocenters. The molecule has 0 fully saturated rings. The van der Waals surface area contributed by atoms with Crippen molar-refractivity contribution in [2.45, 2.75) is 19.4 Å². The molecule has 1 aromatic rings. The quantitative estimate of drug-likeness (QED) is 0.690. The van der Waals surface area contributed by atoms with Gasteiger partial charge in [-0.25, -0.2) is 0 Å². The van der Waals surface area contributed by atoms with Crippen LogP contribution in [0.5, 0.6) is 0 Å². The van der Waals surface area contributed by atoms with Crippen molar-refractivity contribution in [3.63, 3.8) is 0 Å². The lowest BCUT2D eigenvalue weighted by Crippen LogP contribution is -2.10. The maximum atomic E-state index is 5.91. The molecule has 0 amide bonds. The molecule has 0 radical (unpaired) electrons. The SMILES string of the molecule is C=CC[C@@H](N)c1ccncc1C. The normalized spacial score (nSPS) is 12.5. The molecule has 12 heavy (non-hydrogen) atoms. The molecule has 0 aromatic carbocycles. The molecule has 0 spiro atoms. The summed E-state index contributed by atoms with van der Waals surface area (Å²) in [7, 11) is 0. The fourth-order valence-electron chi connectivity index (χ4n) is 1.21. The number of aromatic nitrogens is 1. The summed E-state index contributed by atoms with van der Waals surface area (Å²) in [6.45, 7) is 5.68. The molecule has 0 aliphatic carbocycles. The minimum atomic E-state index is 0.0606. The maximum absolute atomic E-state index is 5.91. The third kappa shape index (κ3) is 1.92. The third-order valence-electron chi connectivity index (χ3n) is 1.88. The van der Waals surface area contributed by atoms with Gasteiger partial charge in [-0.05, 0) is 30.5 Å². The average molecular weight is 162 g/mol. The number of nitrogens with two attached hydrogens (primary N) is 1. The summed E-state index contributed by atoms with van der Waals surface area (Å²) in [5.74, 6) is 0. The molecule has 1 heterocycles. The van der Waals surface area contributed by atoms with Crippen LogP contribution in [0.1, 0.15) is 23.6 Å². The standard InChI is InChI=1S/C10H14N2/c1-3-4-10(11)9-5-6-12-7-8(9)2/h3,5-7,10H,1,4,11H2,2H3/t10-/m1/s1. The van der Waals surface area contributed by atoms with Gasteiger partial charge in [-0.1, -0.05) is 6.08 Å². The fourth-order valence-corrected chi connectivity index (χ4v) is 1.21. The van der Waals surface area contributed by atoms with E-state index in [2.05, 4.69) is 11.6 Å². The predicted octanol–water partition coefficient (Wildman–Crippen LogP) is 1.97. The zero-order valence-electron chi connectivity index (χ0n) is 7.33. The van der Waals surface area contributed by atoms with E-state index in [-0.39, 0.29) is 6.04 Å². The highest BCUT2D eigenvalue weighted by Crippen LogP contribution is 2.16. The predicted molar refractivity (Wildman–Crippen MR) is 50.7 cm³/mol. The van der Waals surface area contributed by atoms with Crippen LogP contribution in [0, 0.1) is 6.92 Å². The topological polar surface area (TPSA) is 38.9 Å². The zero-order valence-corrected chi connectivity index (χ0v) is 7.33. The highest BCUT2D eigenvalue weighted by Gasteiger charge is 2.05. The Balaban J connectivity index is 2.86. The largest absolute Gasteiger partial charge is 0.324 e. The Labute approximate surface area is 73.1 Å². The van der Waals surface area contributed by atoms with Gasteiger partial charge in [-0.2, -0.15) is 0 Å². The first-order valence-corrected chi connectivity index (χ1v) is 4.02. The van der Waals surface area contributed by atoms with Crippen molar-refractivity contribution in [3.8, 4) is 0 Å². The minimum absolute atomic E-state index is 0.0606. The van der Waals surface area contributed by atoms with E-state index in [1.54, 1.807) is 6.20 Å². The zero-order chi connectivity index (χ0) is 8.97. The van der Waals surface area contributed by atoms with Crippen molar-refractivity contribution in [2.24, 2.45) is 5.73 Å². The molecule has 1 atom stereocenters. The first kappa shape index (κ1) is 8.94. The van der Waals surface area contributed by atoms with Gasteiger partial charge in [0.15, 0.2) is 0 Å². The monoisotopic (exact) mass is 162 g/mol. The van der Waals surface area contributed by atoms with E-state index in [4.69, 9.17) is 5.73 Å². The van der Waals surface area contributed by atoms with E-state index in [0.717, 1.165) is 17.5 Å². The molecule has 0 bridgehead atoms. The summed E-state index contributed by atoms with van der Waals surface area (Å²) < 4.78 is 0. The summed E-state index contributed by atoms with van der Waals surface area (Å²) >= 11 is 0. The van der Waals surface area contributed by atoms with Crippen LogP contribution < -0.4 is 5.73 Å².